The summed E-state index contributed by atoms with van der Waals surface area (Å²) in [6, 6.07) is 0. The highest BCUT2D eigenvalue weighted by Crippen LogP contribution is 2.34. The van der Waals surface area contributed by atoms with Crippen molar-refractivity contribution in [3.8, 4) is 0 Å². The van der Waals surface area contributed by atoms with Crippen molar-refractivity contribution in [2.75, 3.05) is 6.61 Å². The first kappa shape index (κ1) is 16.4. The van der Waals surface area contributed by atoms with Gasteiger partial charge in [0.15, 0.2) is 0 Å². The quantitative estimate of drug-likeness (QED) is 0.755. The van der Waals surface area contributed by atoms with Gasteiger partial charge in [0.1, 0.15) is 5.78 Å². The number of amides is 1. The smallest absolute Gasteiger partial charge is 0.422 e. The van der Waals surface area contributed by atoms with E-state index >= 15 is 0 Å². The Kier molecular flexibility index (Phi) is 5.31. The molecular formula is C10H14F3NO4. The van der Waals surface area contributed by atoms with Gasteiger partial charge in [-0.3, -0.25) is 9.59 Å². The van der Waals surface area contributed by atoms with Crippen LogP contribution in [0.15, 0.2) is 0 Å². The molecule has 1 atom stereocenters. The molecule has 0 heterocycles. The molecule has 0 fully saturated rings. The fraction of sp³-hybridized carbons (Fsp3) is 0.700. The van der Waals surface area contributed by atoms with Crippen molar-refractivity contribution >= 4 is 17.7 Å². The number of hydrogen-bond acceptors (Lipinski definition) is 4. The summed E-state index contributed by atoms with van der Waals surface area (Å²) in [4.78, 5) is 33.3. The van der Waals surface area contributed by atoms with Crippen molar-refractivity contribution in [3.63, 3.8) is 0 Å². The van der Waals surface area contributed by atoms with Crippen LogP contribution in [0.25, 0.3) is 0 Å². The van der Waals surface area contributed by atoms with Gasteiger partial charge in [-0.1, -0.05) is 0 Å². The van der Waals surface area contributed by atoms with Crippen molar-refractivity contribution in [3.05, 3.63) is 0 Å². The average Bonchev–Trinajstić information content (AvgIpc) is 2.13. The number of esters is 1. The molecular weight excluding hydrogens is 255 g/mol. The van der Waals surface area contributed by atoms with Crippen LogP contribution in [0.3, 0.4) is 0 Å². The Labute approximate surface area is 102 Å². The van der Waals surface area contributed by atoms with Crippen LogP contribution in [0.1, 0.15) is 27.2 Å². The molecule has 0 saturated carbocycles. The lowest BCUT2D eigenvalue weighted by Gasteiger charge is -2.32. The molecule has 0 spiro atoms. The molecule has 1 N–H and O–H groups in total. The Balaban J connectivity index is 5.61. The highest BCUT2D eigenvalue weighted by Gasteiger charge is 2.63. The number of ether oxygens (including phenoxy) is 1. The van der Waals surface area contributed by atoms with Gasteiger partial charge in [-0.15, -0.1) is 0 Å². The van der Waals surface area contributed by atoms with Crippen LogP contribution in [-0.4, -0.2) is 36.0 Å². The van der Waals surface area contributed by atoms with Crippen molar-refractivity contribution in [1.29, 1.82) is 0 Å². The van der Waals surface area contributed by atoms with Crippen molar-refractivity contribution in [2.24, 2.45) is 0 Å². The molecule has 1 amide bonds. The maximum Gasteiger partial charge on any atom is 0.422 e. The first-order valence-electron chi connectivity index (χ1n) is 5.09. The molecule has 0 aromatic rings. The molecule has 0 aromatic heterocycles. The summed E-state index contributed by atoms with van der Waals surface area (Å²) in [5.41, 5.74) is -3.32. The highest BCUT2D eigenvalue weighted by molar-refractivity contribution is 5.93. The average molecular weight is 269 g/mol. The van der Waals surface area contributed by atoms with Crippen molar-refractivity contribution < 1.29 is 32.3 Å². The number of alkyl halides is 3. The van der Waals surface area contributed by atoms with Gasteiger partial charge in [-0.2, -0.15) is 13.2 Å². The maximum atomic E-state index is 13.0. The number of rotatable bonds is 5. The monoisotopic (exact) mass is 269 g/mol. The summed E-state index contributed by atoms with van der Waals surface area (Å²) >= 11 is 0. The zero-order valence-electron chi connectivity index (χ0n) is 10.2. The third-order valence-corrected chi connectivity index (χ3v) is 2.01. The van der Waals surface area contributed by atoms with Crippen molar-refractivity contribution in [1.82, 2.24) is 5.32 Å². The number of ketones is 1. The van der Waals surface area contributed by atoms with Crippen LogP contribution in [-0.2, 0) is 19.1 Å². The van der Waals surface area contributed by atoms with Crippen LogP contribution in [0.4, 0.5) is 13.2 Å². The number of halogens is 3. The topological polar surface area (TPSA) is 72.5 Å². The van der Waals surface area contributed by atoms with E-state index in [1.54, 1.807) is 0 Å². The summed E-state index contributed by atoms with van der Waals surface area (Å²) in [6.45, 7) is 2.73. The maximum absolute atomic E-state index is 13.0. The van der Waals surface area contributed by atoms with E-state index in [9.17, 15) is 27.6 Å². The molecule has 0 aliphatic heterocycles. The molecule has 0 rings (SSSR count). The van der Waals surface area contributed by atoms with E-state index in [1.165, 1.54) is 12.2 Å². The number of Topliss-reactive ketones (excluding diaryl/α,β-unsaturated/α-hetero) is 1. The lowest BCUT2D eigenvalue weighted by atomic mass is 9.92. The lowest BCUT2D eigenvalue weighted by molar-refractivity contribution is -0.215. The van der Waals surface area contributed by atoms with E-state index in [0.29, 0.717) is 0 Å². The van der Waals surface area contributed by atoms with Gasteiger partial charge in [0.2, 0.25) is 11.4 Å². The van der Waals surface area contributed by atoms with Gasteiger partial charge in [-0.25, -0.2) is 4.79 Å². The minimum atomic E-state index is -5.13. The second kappa shape index (κ2) is 5.83. The predicted molar refractivity (Wildman–Crippen MR) is 54.5 cm³/mol. The Morgan fingerprint density at radius 1 is 1.17 bits per heavy atom. The normalized spacial score (nSPS) is 14.6. The van der Waals surface area contributed by atoms with Crippen LogP contribution in [0.5, 0.6) is 0 Å². The Bertz CT molecular complexity index is 336. The van der Waals surface area contributed by atoms with E-state index in [2.05, 4.69) is 4.74 Å². The lowest BCUT2D eigenvalue weighted by Crippen LogP contribution is -2.65. The number of nitrogens with one attached hydrogen (secondary N) is 1. The van der Waals surface area contributed by atoms with Crippen LogP contribution in [0.2, 0.25) is 0 Å². The van der Waals surface area contributed by atoms with Gasteiger partial charge >= 0.3 is 12.1 Å². The molecule has 104 valence electrons. The Morgan fingerprint density at radius 2 is 1.67 bits per heavy atom. The first-order valence-corrected chi connectivity index (χ1v) is 5.09. The van der Waals surface area contributed by atoms with Gasteiger partial charge in [0, 0.05) is 13.3 Å². The Morgan fingerprint density at radius 3 is 1.94 bits per heavy atom. The van der Waals surface area contributed by atoms with E-state index in [0.717, 1.165) is 13.8 Å². The summed E-state index contributed by atoms with van der Waals surface area (Å²) in [5, 5.41) is 1.49. The standard InChI is InChI=1S/C10H14F3NO4/c1-4-18-8(17)9(5-6(2)15,10(11,12)13)14-7(3)16/h4-5H2,1-3H3,(H,14,16). The SMILES string of the molecule is CCOC(=O)C(CC(C)=O)(NC(C)=O)C(F)(F)F. The first-order chi connectivity index (χ1) is 8.06. The summed E-state index contributed by atoms with van der Waals surface area (Å²) in [6.07, 6.45) is -6.33. The minimum Gasteiger partial charge on any atom is -0.464 e. The van der Waals surface area contributed by atoms with E-state index < -0.39 is 35.8 Å². The van der Waals surface area contributed by atoms with Gasteiger partial charge in [-0.05, 0) is 13.8 Å². The number of carbonyl (C=O) groups is 3. The molecule has 0 saturated heterocycles. The third kappa shape index (κ3) is 3.71. The fourth-order valence-electron chi connectivity index (χ4n) is 1.38. The van der Waals surface area contributed by atoms with Crippen LogP contribution < -0.4 is 5.32 Å². The van der Waals surface area contributed by atoms with E-state index in [4.69, 9.17) is 0 Å². The Hall–Kier alpha value is -1.60. The van der Waals surface area contributed by atoms with Gasteiger partial charge < -0.3 is 10.1 Å². The summed E-state index contributed by atoms with van der Waals surface area (Å²) < 4.78 is 43.3. The molecule has 0 aliphatic carbocycles. The number of carbonyl (C=O) groups excluding carboxylic acids is 3. The molecule has 18 heavy (non-hydrogen) atoms. The zero-order valence-corrected chi connectivity index (χ0v) is 10.2. The van der Waals surface area contributed by atoms with Gasteiger partial charge in [0.25, 0.3) is 0 Å². The largest absolute Gasteiger partial charge is 0.464 e. The van der Waals surface area contributed by atoms with Crippen LogP contribution in [0, 0.1) is 0 Å². The van der Waals surface area contributed by atoms with E-state index in [-0.39, 0.29) is 6.61 Å². The zero-order chi connectivity index (χ0) is 14.6. The molecule has 0 aromatic carbocycles. The minimum absolute atomic E-state index is 0.297. The fourth-order valence-corrected chi connectivity index (χ4v) is 1.38. The highest BCUT2D eigenvalue weighted by atomic mass is 19.4. The molecule has 0 radical (unpaired) electrons. The summed E-state index contributed by atoms with van der Waals surface area (Å²) in [5.74, 6) is -3.67. The molecule has 8 heteroatoms. The molecule has 0 bridgehead atoms. The summed E-state index contributed by atoms with van der Waals surface area (Å²) in [7, 11) is 0. The molecule has 0 aliphatic rings. The van der Waals surface area contributed by atoms with Crippen LogP contribution >= 0.6 is 0 Å². The van der Waals surface area contributed by atoms with Gasteiger partial charge in [0.05, 0.1) is 6.61 Å². The second-order valence-corrected chi connectivity index (χ2v) is 3.68. The molecule has 1 unspecified atom stereocenters. The van der Waals surface area contributed by atoms with E-state index in [1.807, 2.05) is 0 Å². The van der Waals surface area contributed by atoms with Crippen molar-refractivity contribution in [2.45, 2.75) is 38.9 Å². The molecule has 5 nitrogen and oxygen atoms in total. The third-order valence-electron chi connectivity index (χ3n) is 2.01. The predicted octanol–water partition coefficient (Wildman–Crippen LogP) is 0.966. The number of hydrogen-bond donors (Lipinski definition) is 1. The second-order valence-electron chi connectivity index (χ2n) is 3.68.